The van der Waals surface area contributed by atoms with Crippen molar-refractivity contribution in [1.29, 1.82) is 0 Å². The number of Topliss-reactive ketones (excluding diaryl/α,β-unsaturated/α-hetero) is 1. The summed E-state index contributed by atoms with van der Waals surface area (Å²) >= 11 is 6.18. The normalized spacial score (nSPS) is 19.6. The number of ketones is 1. The van der Waals surface area contributed by atoms with Gasteiger partial charge < -0.3 is 14.7 Å². The number of rotatable bonds is 5. The summed E-state index contributed by atoms with van der Waals surface area (Å²) in [5.74, 6) is -1.58. The number of aliphatic hydroxyl groups excluding tert-OH is 1. The number of pyridine rings is 1. The molecule has 2 aliphatic heterocycles. The molecule has 1 aromatic heterocycles. The topological polar surface area (TPSA) is 83.0 Å². The average molecular weight is 504 g/mol. The quantitative estimate of drug-likeness (QED) is 0.287. The molecule has 2 aliphatic rings. The second-order valence-electron chi connectivity index (χ2n) is 8.83. The molecule has 0 bridgehead atoms. The number of carbonyl (C=O) groups is 2. The Hall–Kier alpha value is -3.84. The summed E-state index contributed by atoms with van der Waals surface area (Å²) < 4.78 is 5.38. The number of ether oxygens (including phenoxy) is 1. The van der Waals surface area contributed by atoms with Crippen LogP contribution in [0, 0.1) is 0 Å². The highest BCUT2D eigenvalue weighted by molar-refractivity contribution is 6.51. The van der Waals surface area contributed by atoms with Gasteiger partial charge in [0.15, 0.2) is 0 Å². The number of hydrogen-bond acceptors (Lipinski definition) is 6. The Bertz CT molecular complexity index is 1320. The van der Waals surface area contributed by atoms with Crippen LogP contribution in [0.4, 0.5) is 11.4 Å². The minimum absolute atomic E-state index is 0.0700. The summed E-state index contributed by atoms with van der Waals surface area (Å²) in [4.78, 5) is 34.9. The van der Waals surface area contributed by atoms with E-state index < -0.39 is 17.7 Å². The molecule has 0 saturated carbocycles. The smallest absolute Gasteiger partial charge is 0.300 e. The highest BCUT2D eigenvalue weighted by Gasteiger charge is 2.47. The first kappa shape index (κ1) is 23.9. The van der Waals surface area contributed by atoms with Crippen molar-refractivity contribution in [2.24, 2.45) is 0 Å². The van der Waals surface area contributed by atoms with Crippen molar-refractivity contribution in [3.63, 3.8) is 0 Å². The van der Waals surface area contributed by atoms with Crippen LogP contribution in [0.3, 0.4) is 0 Å². The van der Waals surface area contributed by atoms with Crippen LogP contribution in [0.5, 0.6) is 5.75 Å². The summed E-state index contributed by atoms with van der Waals surface area (Å²) in [5.41, 5.74) is 2.24. The Morgan fingerprint density at radius 1 is 1.00 bits per heavy atom. The molecule has 2 saturated heterocycles. The summed E-state index contributed by atoms with van der Waals surface area (Å²) in [6.07, 6.45) is 5.14. The van der Waals surface area contributed by atoms with E-state index in [4.69, 9.17) is 16.3 Å². The van der Waals surface area contributed by atoms with Crippen LogP contribution in [-0.4, -0.2) is 42.0 Å². The highest BCUT2D eigenvalue weighted by Crippen LogP contribution is 2.43. The van der Waals surface area contributed by atoms with Crippen molar-refractivity contribution >= 4 is 40.4 Å². The second kappa shape index (κ2) is 10.0. The lowest BCUT2D eigenvalue weighted by Gasteiger charge is -2.30. The van der Waals surface area contributed by atoms with E-state index >= 15 is 0 Å². The maximum atomic E-state index is 13.4. The van der Waals surface area contributed by atoms with E-state index in [-0.39, 0.29) is 16.9 Å². The molecule has 5 rings (SSSR count). The van der Waals surface area contributed by atoms with Gasteiger partial charge in [0.05, 0.1) is 23.9 Å². The van der Waals surface area contributed by atoms with Gasteiger partial charge in [-0.1, -0.05) is 17.7 Å². The number of hydrogen-bond donors (Lipinski definition) is 1. The Morgan fingerprint density at radius 3 is 2.39 bits per heavy atom. The number of piperidine rings is 1. The number of anilines is 2. The molecule has 7 nitrogen and oxygen atoms in total. The zero-order valence-electron chi connectivity index (χ0n) is 19.9. The lowest BCUT2D eigenvalue weighted by atomic mass is 9.97. The van der Waals surface area contributed by atoms with Gasteiger partial charge in [0, 0.05) is 35.7 Å². The first-order valence-electron chi connectivity index (χ1n) is 11.9. The minimum atomic E-state index is -0.921. The van der Waals surface area contributed by atoms with E-state index in [9.17, 15) is 14.7 Å². The SMILES string of the molecule is COc1ccc(Cl)cc1/C(O)=C1\C(=O)C(=O)N(c2ccc(N3CCCCC3)cc2)C1c1ccccn1. The van der Waals surface area contributed by atoms with Crippen molar-refractivity contribution < 1.29 is 19.4 Å². The molecular weight excluding hydrogens is 478 g/mol. The van der Waals surface area contributed by atoms with Crippen molar-refractivity contribution in [3.05, 3.63) is 88.7 Å². The molecule has 2 fully saturated rings. The van der Waals surface area contributed by atoms with Gasteiger partial charge in [-0.05, 0) is 73.9 Å². The molecule has 0 aliphatic carbocycles. The summed E-state index contributed by atoms with van der Waals surface area (Å²) in [6.45, 7) is 2.00. The maximum absolute atomic E-state index is 13.4. The van der Waals surface area contributed by atoms with Gasteiger partial charge in [0.1, 0.15) is 17.6 Å². The van der Waals surface area contributed by atoms with Gasteiger partial charge in [-0.25, -0.2) is 0 Å². The lowest BCUT2D eigenvalue weighted by Crippen LogP contribution is -2.31. The molecule has 1 atom stereocenters. The Labute approximate surface area is 214 Å². The third kappa shape index (κ3) is 4.31. The molecule has 1 amide bonds. The first-order chi connectivity index (χ1) is 17.5. The number of aliphatic hydroxyl groups is 1. The molecule has 36 heavy (non-hydrogen) atoms. The minimum Gasteiger partial charge on any atom is -0.507 e. The monoisotopic (exact) mass is 503 g/mol. The predicted molar refractivity (Wildman–Crippen MR) is 140 cm³/mol. The summed E-state index contributed by atoms with van der Waals surface area (Å²) in [7, 11) is 1.46. The van der Waals surface area contributed by atoms with Crippen LogP contribution in [0.15, 0.2) is 72.4 Å². The molecule has 8 heteroatoms. The third-order valence-corrected chi connectivity index (χ3v) is 6.91. The lowest BCUT2D eigenvalue weighted by molar-refractivity contribution is -0.132. The summed E-state index contributed by atoms with van der Waals surface area (Å²) in [5, 5.41) is 11.7. The standard InChI is InChI=1S/C28H26ClN3O4/c1-36-23-13-8-18(29)17-21(23)26(33)24-25(22-7-3-4-14-30-22)32(28(35)27(24)34)20-11-9-19(10-12-20)31-15-5-2-6-16-31/h3-4,7-14,17,25,33H,2,5-6,15-16H2,1H3/b26-24+. The number of methoxy groups -OCH3 is 1. The zero-order chi connectivity index (χ0) is 25.2. The van der Waals surface area contributed by atoms with Crippen LogP contribution in [0.1, 0.15) is 36.6 Å². The first-order valence-corrected chi connectivity index (χ1v) is 12.3. The number of nitrogens with zero attached hydrogens (tertiary/aromatic N) is 3. The number of halogens is 1. The van der Waals surface area contributed by atoms with Gasteiger partial charge >= 0.3 is 0 Å². The van der Waals surface area contributed by atoms with Crippen LogP contribution < -0.4 is 14.5 Å². The van der Waals surface area contributed by atoms with Gasteiger partial charge in [0.2, 0.25) is 0 Å². The number of aromatic nitrogens is 1. The largest absolute Gasteiger partial charge is 0.507 e. The maximum Gasteiger partial charge on any atom is 0.300 e. The van der Waals surface area contributed by atoms with Crippen LogP contribution >= 0.6 is 11.6 Å². The molecule has 1 unspecified atom stereocenters. The van der Waals surface area contributed by atoms with Gasteiger partial charge in [-0.15, -0.1) is 0 Å². The van der Waals surface area contributed by atoms with Crippen molar-refractivity contribution in [2.45, 2.75) is 25.3 Å². The molecule has 3 aromatic rings. The zero-order valence-corrected chi connectivity index (χ0v) is 20.6. The predicted octanol–water partition coefficient (Wildman–Crippen LogP) is 5.36. The average Bonchev–Trinajstić information content (AvgIpc) is 3.19. The number of benzene rings is 2. The second-order valence-corrected chi connectivity index (χ2v) is 9.27. The molecular formula is C28H26ClN3O4. The van der Waals surface area contributed by atoms with E-state index in [1.165, 1.54) is 24.5 Å². The Morgan fingerprint density at radius 2 is 1.72 bits per heavy atom. The molecule has 2 aromatic carbocycles. The van der Waals surface area contributed by atoms with Crippen LogP contribution in [0.2, 0.25) is 5.02 Å². The third-order valence-electron chi connectivity index (χ3n) is 6.68. The van der Waals surface area contributed by atoms with E-state index in [2.05, 4.69) is 9.88 Å². The van der Waals surface area contributed by atoms with E-state index in [1.807, 2.05) is 24.3 Å². The van der Waals surface area contributed by atoms with Gasteiger partial charge in [-0.3, -0.25) is 19.5 Å². The Kier molecular flexibility index (Phi) is 6.65. The molecule has 3 heterocycles. The fourth-order valence-electron chi connectivity index (χ4n) is 4.90. The van der Waals surface area contributed by atoms with Crippen molar-refractivity contribution in [1.82, 2.24) is 4.98 Å². The van der Waals surface area contributed by atoms with Gasteiger partial charge in [0.25, 0.3) is 11.7 Å². The number of amides is 1. The number of carbonyl (C=O) groups excluding carboxylic acids is 2. The fourth-order valence-corrected chi connectivity index (χ4v) is 5.07. The van der Waals surface area contributed by atoms with Crippen LogP contribution in [0.25, 0.3) is 5.76 Å². The van der Waals surface area contributed by atoms with E-state index in [1.54, 1.807) is 36.5 Å². The van der Waals surface area contributed by atoms with Gasteiger partial charge in [-0.2, -0.15) is 0 Å². The van der Waals surface area contributed by atoms with Crippen molar-refractivity contribution in [3.8, 4) is 5.75 Å². The molecule has 1 N–H and O–H groups in total. The molecule has 0 radical (unpaired) electrons. The van der Waals surface area contributed by atoms with E-state index in [0.29, 0.717) is 22.2 Å². The Balaban J connectivity index is 1.62. The van der Waals surface area contributed by atoms with Crippen molar-refractivity contribution in [2.75, 3.05) is 30.0 Å². The summed E-state index contributed by atoms with van der Waals surface area (Å²) in [6, 6.07) is 16.7. The highest BCUT2D eigenvalue weighted by atomic mass is 35.5. The molecule has 0 spiro atoms. The fraction of sp³-hybridized carbons (Fsp3) is 0.250. The van der Waals surface area contributed by atoms with E-state index in [0.717, 1.165) is 31.6 Å². The van der Waals surface area contributed by atoms with Crippen LogP contribution in [-0.2, 0) is 9.59 Å². The molecule has 184 valence electrons.